The van der Waals surface area contributed by atoms with Crippen molar-refractivity contribution in [3.8, 4) is 5.69 Å². The van der Waals surface area contributed by atoms with Gasteiger partial charge in [-0.3, -0.25) is 9.36 Å². The Hall–Kier alpha value is -2.27. The largest absolute Gasteiger partial charge is 0.268 e. The maximum atomic E-state index is 13.3. The molecule has 28 heavy (non-hydrogen) atoms. The Bertz CT molecular complexity index is 1240. The highest BCUT2D eigenvalue weighted by Crippen LogP contribution is 2.29. The molecule has 0 unspecified atom stereocenters. The van der Waals surface area contributed by atoms with Crippen LogP contribution in [0, 0.1) is 6.92 Å². The van der Waals surface area contributed by atoms with E-state index < -0.39 is 0 Å². The summed E-state index contributed by atoms with van der Waals surface area (Å²) in [6.45, 7) is 2.06. The fraction of sp³-hybridized carbons (Fsp3) is 0.0909. The van der Waals surface area contributed by atoms with Gasteiger partial charge in [0.15, 0.2) is 5.16 Å². The second-order valence-electron chi connectivity index (χ2n) is 6.43. The van der Waals surface area contributed by atoms with Crippen LogP contribution in [-0.4, -0.2) is 9.55 Å². The number of thioether (sulfide) groups is 1. The monoisotopic (exact) mass is 426 g/mol. The van der Waals surface area contributed by atoms with E-state index in [1.807, 2.05) is 24.3 Å². The third kappa shape index (κ3) is 3.81. The molecular weight excluding hydrogens is 411 g/mol. The quantitative estimate of drug-likeness (QED) is 0.284. The predicted molar refractivity (Wildman–Crippen MR) is 118 cm³/mol. The van der Waals surface area contributed by atoms with Crippen LogP contribution in [0.1, 0.15) is 11.1 Å². The highest BCUT2D eigenvalue weighted by atomic mass is 35.5. The second-order valence-corrected chi connectivity index (χ2v) is 8.21. The minimum absolute atomic E-state index is 0.151. The van der Waals surface area contributed by atoms with E-state index in [-0.39, 0.29) is 5.56 Å². The lowest BCUT2D eigenvalue weighted by molar-refractivity contribution is 0.820. The van der Waals surface area contributed by atoms with Crippen molar-refractivity contribution in [2.24, 2.45) is 0 Å². The molecule has 0 aliphatic carbocycles. The van der Waals surface area contributed by atoms with Crippen molar-refractivity contribution in [1.82, 2.24) is 9.55 Å². The summed E-state index contributed by atoms with van der Waals surface area (Å²) in [5.41, 5.74) is 3.45. The van der Waals surface area contributed by atoms with Crippen LogP contribution in [0.15, 0.2) is 76.7 Å². The number of hydrogen-bond donors (Lipinski definition) is 0. The lowest BCUT2D eigenvalue weighted by atomic mass is 10.2. The van der Waals surface area contributed by atoms with Crippen LogP contribution in [0.25, 0.3) is 16.6 Å². The number of rotatable bonds is 4. The van der Waals surface area contributed by atoms with Crippen molar-refractivity contribution in [3.05, 3.63) is 98.3 Å². The number of benzene rings is 3. The molecule has 140 valence electrons. The van der Waals surface area contributed by atoms with Gasteiger partial charge in [0.2, 0.25) is 0 Å². The summed E-state index contributed by atoms with van der Waals surface area (Å²) in [6.07, 6.45) is 0. The Labute approximate surface area is 176 Å². The fourth-order valence-electron chi connectivity index (χ4n) is 3.03. The van der Waals surface area contributed by atoms with Crippen LogP contribution in [0.5, 0.6) is 0 Å². The Morgan fingerprint density at radius 2 is 1.82 bits per heavy atom. The van der Waals surface area contributed by atoms with Gasteiger partial charge in [-0.1, -0.05) is 76.9 Å². The van der Waals surface area contributed by atoms with Gasteiger partial charge in [0.25, 0.3) is 5.56 Å². The molecular formula is C22H16Cl2N2OS. The van der Waals surface area contributed by atoms with Crippen molar-refractivity contribution in [2.45, 2.75) is 17.8 Å². The van der Waals surface area contributed by atoms with Gasteiger partial charge in [0.05, 0.1) is 21.6 Å². The maximum Gasteiger partial charge on any atom is 0.266 e. The first-order valence-electron chi connectivity index (χ1n) is 8.68. The van der Waals surface area contributed by atoms with Gasteiger partial charge in [-0.25, -0.2) is 4.98 Å². The van der Waals surface area contributed by atoms with Gasteiger partial charge in [0, 0.05) is 10.8 Å². The molecule has 0 saturated heterocycles. The van der Waals surface area contributed by atoms with E-state index in [1.54, 1.807) is 28.8 Å². The van der Waals surface area contributed by atoms with Crippen molar-refractivity contribution >= 4 is 45.9 Å². The van der Waals surface area contributed by atoms with E-state index in [1.165, 1.54) is 22.9 Å². The third-order valence-corrected chi connectivity index (χ3v) is 5.89. The van der Waals surface area contributed by atoms with E-state index in [0.29, 0.717) is 37.5 Å². The molecule has 0 bridgehead atoms. The number of aryl methyl sites for hydroxylation is 1. The van der Waals surface area contributed by atoms with E-state index in [2.05, 4.69) is 25.1 Å². The number of aromatic nitrogens is 2. The van der Waals surface area contributed by atoms with Gasteiger partial charge in [-0.05, 0) is 42.8 Å². The van der Waals surface area contributed by atoms with Crippen LogP contribution in [0.4, 0.5) is 0 Å². The first-order valence-corrected chi connectivity index (χ1v) is 10.4. The predicted octanol–water partition coefficient (Wildman–Crippen LogP) is 6.29. The van der Waals surface area contributed by atoms with Crippen molar-refractivity contribution in [1.29, 1.82) is 0 Å². The molecule has 6 heteroatoms. The molecule has 0 atom stereocenters. The van der Waals surface area contributed by atoms with E-state index in [9.17, 15) is 4.79 Å². The zero-order valence-electron chi connectivity index (χ0n) is 15.0. The average Bonchev–Trinajstić information content (AvgIpc) is 2.68. The topological polar surface area (TPSA) is 34.9 Å². The molecule has 3 nitrogen and oxygen atoms in total. The Kier molecular flexibility index (Phi) is 5.44. The number of halogens is 2. The molecule has 0 spiro atoms. The number of para-hydroxylation sites is 1. The normalized spacial score (nSPS) is 11.1. The molecule has 4 rings (SSSR count). The zero-order valence-corrected chi connectivity index (χ0v) is 17.4. The van der Waals surface area contributed by atoms with Crippen LogP contribution in [-0.2, 0) is 5.75 Å². The molecule has 1 aromatic heterocycles. The zero-order chi connectivity index (χ0) is 19.7. The Balaban J connectivity index is 1.87. The van der Waals surface area contributed by atoms with Crippen molar-refractivity contribution in [3.63, 3.8) is 0 Å². The van der Waals surface area contributed by atoms with Gasteiger partial charge in [-0.2, -0.15) is 0 Å². The minimum atomic E-state index is -0.151. The Morgan fingerprint density at radius 3 is 2.61 bits per heavy atom. The molecule has 1 heterocycles. The second kappa shape index (κ2) is 8.00. The molecule has 4 aromatic rings. The van der Waals surface area contributed by atoms with Crippen molar-refractivity contribution in [2.75, 3.05) is 0 Å². The fourth-order valence-corrected chi connectivity index (χ4v) is 4.48. The summed E-state index contributed by atoms with van der Waals surface area (Å²) >= 11 is 14.0. The summed E-state index contributed by atoms with van der Waals surface area (Å²) < 4.78 is 1.57. The maximum absolute atomic E-state index is 13.3. The standard InChI is InChI=1S/C22H16Cl2N2OS/c1-14-5-4-6-15(11-14)13-28-22-25-19-8-3-2-7-17(19)21(27)26(22)20-10-9-16(23)12-18(20)24/h2-12H,13H2,1H3. The molecule has 0 N–H and O–H groups in total. The highest BCUT2D eigenvalue weighted by molar-refractivity contribution is 7.98. The molecule has 0 amide bonds. The van der Waals surface area contributed by atoms with Gasteiger partial charge in [-0.15, -0.1) is 0 Å². The SMILES string of the molecule is Cc1cccc(CSc2nc3ccccc3c(=O)n2-c2ccc(Cl)cc2Cl)c1. The van der Waals surface area contributed by atoms with E-state index in [4.69, 9.17) is 28.2 Å². The van der Waals surface area contributed by atoms with E-state index in [0.717, 1.165) is 0 Å². The third-order valence-electron chi connectivity index (χ3n) is 4.35. The minimum Gasteiger partial charge on any atom is -0.268 e. The molecule has 0 fully saturated rings. The summed E-state index contributed by atoms with van der Waals surface area (Å²) in [5.74, 6) is 0.692. The van der Waals surface area contributed by atoms with Crippen LogP contribution >= 0.6 is 35.0 Å². The smallest absolute Gasteiger partial charge is 0.266 e. The average molecular weight is 427 g/mol. The summed E-state index contributed by atoms with van der Waals surface area (Å²) in [7, 11) is 0. The lowest BCUT2D eigenvalue weighted by Crippen LogP contribution is -2.22. The molecule has 0 aliphatic heterocycles. The summed E-state index contributed by atoms with van der Waals surface area (Å²) in [4.78, 5) is 18.0. The first-order chi connectivity index (χ1) is 13.5. The molecule has 0 radical (unpaired) electrons. The van der Waals surface area contributed by atoms with E-state index >= 15 is 0 Å². The number of hydrogen-bond acceptors (Lipinski definition) is 3. The van der Waals surface area contributed by atoms with Crippen LogP contribution in [0.3, 0.4) is 0 Å². The lowest BCUT2D eigenvalue weighted by Gasteiger charge is -2.14. The molecule has 0 aliphatic rings. The summed E-state index contributed by atoms with van der Waals surface area (Å²) in [6, 6.07) is 20.7. The van der Waals surface area contributed by atoms with Crippen molar-refractivity contribution < 1.29 is 0 Å². The van der Waals surface area contributed by atoms with Gasteiger partial charge >= 0.3 is 0 Å². The van der Waals surface area contributed by atoms with Gasteiger partial charge in [0.1, 0.15) is 0 Å². The number of fused-ring (bicyclic) bond motifs is 1. The number of nitrogens with zero attached hydrogens (tertiary/aromatic N) is 2. The summed E-state index contributed by atoms with van der Waals surface area (Å²) in [5, 5.41) is 2.07. The van der Waals surface area contributed by atoms with Gasteiger partial charge < -0.3 is 0 Å². The Morgan fingerprint density at radius 1 is 1.00 bits per heavy atom. The molecule has 3 aromatic carbocycles. The van der Waals surface area contributed by atoms with Crippen LogP contribution in [0.2, 0.25) is 10.0 Å². The van der Waals surface area contributed by atoms with Crippen LogP contribution < -0.4 is 5.56 Å². The highest BCUT2D eigenvalue weighted by Gasteiger charge is 2.16. The molecule has 0 saturated carbocycles. The first kappa shape index (κ1) is 19.1.